The smallest absolute Gasteiger partial charge is 0.270 e. The molecular formula is C15H19N3O3. The van der Waals surface area contributed by atoms with Gasteiger partial charge in [0, 0.05) is 30.4 Å². The summed E-state index contributed by atoms with van der Waals surface area (Å²) in [5.74, 6) is 0.424. The van der Waals surface area contributed by atoms with E-state index in [4.69, 9.17) is 5.73 Å². The summed E-state index contributed by atoms with van der Waals surface area (Å²) in [7, 11) is 0. The Morgan fingerprint density at radius 1 is 1.29 bits per heavy atom. The lowest BCUT2D eigenvalue weighted by atomic mass is 9.85. The first-order chi connectivity index (χ1) is 10.1. The molecule has 6 heteroatoms. The van der Waals surface area contributed by atoms with Crippen LogP contribution >= 0.6 is 0 Å². The van der Waals surface area contributed by atoms with E-state index < -0.39 is 4.92 Å². The molecule has 3 rings (SSSR count). The zero-order valence-corrected chi connectivity index (χ0v) is 11.8. The molecule has 0 aromatic heterocycles. The lowest BCUT2D eigenvalue weighted by Gasteiger charge is -2.31. The first-order valence-corrected chi connectivity index (χ1v) is 7.43. The minimum atomic E-state index is -0.496. The molecule has 112 valence electrons. The number of rotatable bonds is 2. The highest BCUT2D eigenvalue weighted by molar-refractivity contribution is 6.00. The standard InChI is InChI=1S/C15H19N3O3/c16-13-6-5-11(18(20)21)9-12(13)15(19)17-8-7-10-3-1-2-4-14(10)17/h5-6,9-10,14H,1-4,7-8,16H2. The number of nitrogens with two attached hydrogens (primary N) is 1. The van der Waals surface area contributed by atoms with Crippen LogP contribution in [-0.4, -0.2) is 28.3 Å². The molecule has 2 fully saturated rings. The number of hydrogen-bond acceptors (Lipinski definition) is 4. The zero-order chi connectivity index (χ0) is 15.0. The summed E-state index contributed by atoms with van der Waals surface area (Å²) in [6.45, 7) is 0.732. The van der Waals surface area contributed by atoms with Gasteiger partial charge in [0.1, 0.15) is 0 Å². The quantitative estimate of drug-likeness (QED) is 0.514. The highest BCUT2D eigenvalue weighted by atomic mass is 16.6. The average Bonchev–Trinajstić information content (AvgIpc) is 2.90. The summed E-state index contributed by atoms with van der Waals surface area (Å²) in [5.41, 5.74) is 6.33. The molecule has 2 aliphatic rings. The molecule has 1 saturated carbocycles. The fourth-order valence-electron chi connectivity index (χ4n) is 3.66. The number of carbonyl (C=O) groups excluding carboxylic acids is 1. The van der Waals surface area contributed by atoms with E-state index in [-0.39, 0.29) is 23.2 Å². The van der Waals surface area contributed by atoms with Crippen LogP contribution in [0.2, 0.25) is 0 Å². The third-order valence-electron chi connectivity index (χ3n) is 4.75. The van der Waals surface area contributed by atoms with E-state index in [0.717, 1.165) is 25.8 Å². The van der Waals surface area contributed by atoms with Gasteiger partial charge in [0.25, 0.3) is 11.6 Å². The largest absolute Gasteiger partial charge is 0.398 e. The fourth-order valence-corrected chi connectivity index (χ4v) is 3.66. The highest BCUT2D eigenvalue weighted by Gasteiger charge is 2.39. The molecule has 2 N–H and O–H groups in total. The van der Waals surface area contributed by atoms with Gasteiger partial charge >= 0.3 is 0 Å². The van der Waals surface area contributed by atoms with Gasteiger partial charge in [-0.25, -0.2) is 0 Å². The predicted octanol–water partition coefficient (Wildman–Crippen LogP) is 2.58. The number of hydrogen-bond donors (Lipinski definition) is 1. The molecule has 0 spiro atoms. The van der Waals surface area contributed by atoms with Crippen molar-refractivity contribution in [3.8, 4) is 0 Å². The van der Waals surface area contributed by atoms with Crippen LogP contribution in [-0.2, 0) is 0 Å². The third-order valence-corrected chi connectivity index (χ3v) is 4.75. The molecule has 1 aromatic carbocycles. The van der Waals surface area contributed by atoms with Crippen LogP contribution in [0.15, 0.2) is 18.2 Å². The van der Waals surface area contributed by atoms with E-state index in [1.165, 1.54) is 31.0 Å². The second kappa shape index (κ2) is 5.35. The van der Waals surface area contributed by atoms with E-state index in [9.17, 15) is 14.9 Å². The van der Waals surface area contributed by atoms with Gasteiger partial charge < -0.3 is 10.6 Å². The summed E-state index contributed by atoms with van der Waals surface area (Å²) < 4.78 is 0. The maximum Gasteiger partial charge on any atom is 0.270 e. The van der Waals surface area contributed by atoms with Gasteiger partial charge in [-0.3, -0.25) is 14.9 Å². The molecular weight excluding hydrogens is 270 g/mol. The molecule has 6 nitrogen and oxygen atoms in total. The Balaban J connectivity index is 1.88. The zero-order valence-electron chi connectivity index (χ0n) is 11.8. The van der Waals surface area contributed by atoms with Crippen molar-refractivity contribution in [3.63, 3.8) is 0 Å². The maximum atomic E-state index is 12.7. The van der Waals surface area contributed by atoms with Gasteiger partial charge in [-0.1, -0.05) is 12.8 Å². The minimum Gasteiger partial charge on any atom is -0.398 e. The molecule has 2 atom stereocenters. The van der Waals surface area contributed by atoms with Crippen LogP contribution in [0.1, 0.15) is 42.5 Å². The first-order valence-electron chi connectivity index (χ1n) is 7.43. The second-order valence-corrected chi connectivity index (χ2v) is 5.93. The molecule has 1 saturated heterocycles. The van der Waals surface area contributed by atoms with Crippen molar-refractivity contribution in [2.75, 3.05) is 12.3 Å². The molecule has 1 heterocycles. The third kappa shape index (κ3) is 2.46. The van der Waals surface area contributed by atoms with Crippen molar-refractivity contribution in [2.45, 2.75) is 38.1 Å². The van der Waals surface area contributed by atoms with Crippen LogP contribution in [0.3, 0.4) is 0 Å². The van der Waals surface area contributed by atoms with Crippen LogP contribution in [0.5, 0.6) is 0 Å². The monoisotopic (exact) mass is 289 g/mol. The minimum absolute atomic E-state index is 0.0908. The van der Waals surface area contributed by atoms with Crippen molar-refractivity contribution in [1.82, 2.24) is 4.90 Å². The predicted molar refractivity (Wildman–Crippen MR) is 78.9 cm³/mol. The Labute approximate surface area is 123 Å². The molecule has 1 aliphatic heterocycles. The molecule has 1 aliphatic carbocycles. The number of fused-ring (bicyclic) bond motifs is 1. The number of carbonyl (C=O) groups is 1. The Morgan fingerprint density at radius 2 is 2.05 bits per heavy atom. The topological polar surface area (TPSA) is 89.5 Å². The van der Waals surface area contributed by atoms with Crippen LogP contribution < -0.4 is 5.73 Å². The van der Waals surface area contributed by atoms with E-state index in [1.54, 1.807) is 0 Å². The van der Waals surface area contributed by atoms with E-state index in [2.05, 4.69) is 0 Å². The number of benzene rings is 1. The Kier molecular flexibility index (Phi) is 3.53. The lowest BCUT2D eigenvalue weighted by molar-refractivity contribution is -0.384. The van der Waals surface area contributed by atoms with Crippen molar-refractivity contribution in [1.29, 1.82) is 0 Å². The summed E-state index contributed by atoms with van der Waals surface area (Å²) in [6.07, 6.45) is 5.63. The number of amides is 1. The van der Waals surface area contributed by atoms with Gasteiger partial charge in [0.2, 0.25) is 0 Å². The number of nitrogens with zero attached hydrogens (tertiary/aromatic N) is 2. The summed E-state index contributed by atoms with van der Waals surface area (Å²) in [6, 6.07) is 4.36. The number of anilines is 1. The summed E-state index contributed by atoms with van der Waals surface area (Å²) in [5, 5.41) is 10.9. The number of non-ortho nitro benzene ring substituents is 1. The Morgan fingerprint density at radius 3 is 2.81 bits per heavy atom. The van der Waals surface area contributed by atoms with Crippen molar-refractivity contribution < 1.29 is 9.72 Å². The van der Waals surface area contributed by atoms with Crippen molar-refractivity contribution in [2.24, 2.45) is 5.92 Å². The van der Waals surface area contributed by atoms with Crippen molar-refractivity contribution in [3.05, 3.63) is 33.9 Å². The number of nitro benzene ring substituents is 1. The van der Waals surface area contributed by atoms with Gasteiger partial charge in [-0.05, 0) is 31.2 Å². The highest BCUT2D eigenvalue weighted by Crippen LogP contribution is 2.37. The summed E-state index contributed by atoms with van der Waals surface area (Å²) in [4.78, 5) is 25.0. The number of nitro groups is 1. The molecule has 0 radical (unpaired) electrons. The van der Waals surface area contributed by atoms with Gasteiger partial charge in [0.05, 0.1) is 10.5 Å². The normalized spacial score (nSPS) is 24.7. The van der Waals surface area contributed by atoms with E-state index >= 15 is 0 Å². The SMILES string of the molecule is Nc1ccc([N+](=O)[O-])cc1C(=O)N1CCC2CCCCC21. The van der Waals surface area contributed by atoms with Gasteiger partial charge in [-0.15, -0.1) is 0 Å². The lowest BCUT2D eigenvalue weighted by Crippen LogP contribution is -2.39. The Bertz CT molecular complexity index is 588. The first kappa shape index (κ1) is 13.9. The maximum absolute atomic E-state index is 12.7. The van der Waals surface area contributed by atoms with E-state index in [1.807, 2.05) is 4.90 Å². The van der Waals surface area contributed by atoms with E-state index in [0.29, 0.717) is 11.6 Å². The molecule has 2 unspecified atom stereocenters. The van der Waals surface area contributed by atoms with Crippen LogP contribution in [0, 0.1) is 16.0 Å². The fraction of sp³-hybridized carbons (Fsp3) is 0.533. The molecule has 0 bridgehead atoms. The number of likely N-dealkylation sites (tertiary alicyclic amines) is 1. The Hall–Kier alpha value is -2.11. The molecule has 1 aromatic rings. The average molecular weight is 289 g/mol. The molecule has 21 heavy (non-hydrogen) atoms. The second-order valence-electron chi connectivity index (χ2n) is 5.93. The van der Waals surface area contributed by atoms with Gasteiger partial charge in [0.15, 0.2) is 0 Å². The van der Waals surface area contributed by atoms with Crippen molar-refractivity contribution >= 4 is 17.3 Å². The number of nitrogen functional groups attached to an aromatic ring is 1. The summed E-state index contributed by atoms with van der Waals surface area (Å²) >= 11 is 0. The molecule has 1 amide bonds. The van der Waals surface area contributed by atoms with Crippen LogP contribution in [0.4, 0.5) is 11.4 Å². The van der Waals surface area contributed by atoms with Crippen LogP contribution in [0.25, 0.3) is 0 Å². The van der Waals surface area contributed by atoms with Gasteiger partial charge in [-0.2, -0.15) is 0 Å².